The molecule has 1 aliphatic heterocycles. The van der Waals surface area contributed by atoms with E-state index in [-0.39, 0.29) is 11.8 Å². The van der Waals surface area contributed by atoms with Gasteiger partial charge in [-0.15, -0.1) is 0 Å². The fraction of sp³-hybridized carbons (Fsp3) is 0.429. The number of rotatable bonds is 3. The number of hydrogen-bond acceptors (Lipinski definition) is 5. The summed E-state index contributed by atoms with van der Waals surface area (Å²) in [6, 6.07) is 9.97. The summed E-state index contributed by atoms with van der Waals surface area (Å²) in [7, 11) is 0. The number of likely N-dealkylation sites (tertiary alicyclic amines) is 1. The van der Waals surface area contributed by atoms with Gasteiger partial charge in [0.2, 0.25) is 5.89 Å². The molecule has 5 rings (SSSR count). The molecule has 3 heterocycles. The number of carbonyl (C=O) groups is 1. The summed E-state index contributed by atoms with van der Waals surface area (Å²) >= 11 is 0. The Labute approximate surface area is 157 Å². The molecule has 6 heteroatoms. The Bertz CT molecular complexity index is 1010. The van der Waals surface area contributed by atoms with Crippen LogP contribution in [0.2, 0.25) is 0 Å². The van der Waals surface area contributed by atoms with Crippen LogP contribution in [0.5, 0.6) is 0 Å². The first-order chi connectivity index (χ1) is 13.2. The van der Waals surface area contributed by atoms with E-state index in [1.807, 2.05) is 35.2 Å². The van der Waals surface area contributed by atoms with Crippen molar-refractivity contribution in [2.24, 2.45) is 0 Å². The molecule has 2 fully saturated rings. The van der Waals surface area contributed by atoms with Crippen LogP contribution in [0.15, 0.2) is 34.9 Å². The van der Waals surface area contributed by atoms with Gasteiger partial charge in [-0.25, -0.2) is 0 Å². The molecular weight excluding hydrogens is 340 g/mol. The molecule has 3 aromatic rings. The topological polar surface area (TPSA) is 72.1 Å². The molecule has 0 unspecified atom stereocenters. The van der Waals surface area contributed by atoms with Crippen LogP contribution in [0.1, 0.15) is 65.3 Å². The van der Waals surface area contributed by atoms with Crippen LogP contribution in [-0.2, 0) is 0 Å². The quantitative estimate of drug-likeness (QED) is 0.708. The number of aromatic nitrogens is 3. The van der Waals surface area contributed by atoms with Crippen LogP contribution in [0.3, 0.4) is 0 Å². The second kappa shape index (κ2) is 6.44. The highest BCUT2D eigenvalue weighted by Crippen LogP contribution is 2.40. The number of hydrogen-bond donors (Lipinski definition) is 0. The Hall–Kier alpha value is -2.76. The van der Waals surface area contributed by atoms with Crippen LogP contribution in [0.4, 0.5) is 0 Å². The van der Waals surface area contributed by atoms with E-state index in [4.69, 9.17) is 9.51 Å². The first kappa shape index (κ1) is 16.4. The van der Waals surface area contributed by atoms with Crippen LogP contribution in [0.25, 0.3) is 10.9 Å². The summed E-state index contributed by atoms with van der Waals surface area (Å²) in [6.45, 7) is 3.19. The summed E-state index contributed by atoms with van der Waals surface area (Å²) in [4.78, 5) is 24.5. The highest BCUT2D eigenvalue weighted by atomic mass is 16.5. The third-order valence-electron chi connectivity index (χ3n) is 5.58. The van der Waals surface area contributed by atoms with Crippen LogP contribution in [0, 0.1) is 6.92 Å². The molecule has 0 bridgehead atoms. The number of para-hydroxylation sites is 1. The van der Waals surface area contributed by atoms with E-state index in [1.54, 1.807) is 6.92 Å². The van der Waals surface area contributed by atoms with E-state index < -0.39 is 0 Å². The monoisotopic (exact) mass is 362 g/mol. The number of aryl methyl sites for hydroxylation is 1. The zero-order valence-corrected chi connectivity index (χ0v) is 15.4. The van der Waals surface area contributed by atoms with Crippen LogP contribution in [-0.4, -0.2) is 39.0 Å². The van der Waals surface area contributed by atoms with Crippen molar-refractivity contribution in [3.63, 3.8) is 0 Å². The zero-order chi connectivity index (χ0) is 18.4. The van der Waals surface area contributed by atoms with Crippen molar-refractivity contribution in [3.05, 3.63) is 53.3 Å². The molecule has 0 spiro atoms. The molecule has 1 atom stereocenters. The molecule has 1 aliphatic carbocycles. The Morgan fingerprint density at radius 3 is 2.78 bits per heavy atom. The van der Waals surface area contributed by atoms with Crippen LogP contribution < -0.4 is 0 Å². The lowest BCUT2D eigenvalue weighted by Gasteiger charge is -2.31. The number of pyridine rings is 1. The highest BCUT2D eigenvalue weighted by Gasteiger charge is 2.31. The van der Waals surface area contributed by atoms with Crippen molar-refractivity contribution in [3.8, 4) is 0 Å². The molecule has 0 N–H and O–H groups in total. The summed E-state index contributed by atoms with van der Waals surface area (Å²) < 4.78 is 5.13. The van der Waals surface area contributed by atoms with Gasteiger partial charge in [0.25, 0.3) is 5.91 Å². The minimum absolute atomic E-state index is 0.0837. The lowest BCUT2D eigenvalue weighted by Crippen LogP contribution is -2.39. The third-order valence-corrected chi connectivity index (χ3v) is 5.58. The standard InChI is InChI=1S/C21H22N4O2/c1-13-22-20(24-27-13)15-5-4-10-25(12-15)21(26)17-11-19(14-8-9-14)23-18-7-3-2-6-16(17)18/h2-3,6-7,11,14-15H,4-5,8-10,12H2,1H3/t15-/m1/s1. The molecule has 1 amide bonds. The number of amides is 1. The normalized spacial score (nSPS) is 20.2. The number of carbonyl (C=O) groups excluding carboxylic acids is 1. The lowest BCUT2D eigenvalue weighted by atomic mass is 9.96. The van der Waals surface area contributed by atoms with Crippen molar-refractivity contribution in [1.82, 2.24) is 20.0 Å². The lowest BCUT2D eigenvalue weighted by molar-refractivity contribution is 0.0705. The van der Waals surface area contributed by atoms with Gasteiger partial charge in [-0.05, 0) is 37.8 Å². The van der Waals surface area contributed by atoms with Gasteiger partial charge in [0, 0.05) is 42.9 Å². The Morgan fingerprint density at radius 2 is 2.00 bits per heavy atom. The van der Waals surface area contributed by atoms with Crippen molar-refractivity contribution in [2.45, 2.75) is 44.4 Å². The Balaban J connectivity index is 1.48. The van der Waals surface area contributed by atoms with Gasteiger partial charge in [-0.3, -0.25) is 9.78 Å². The van der Waals surface area contributed by atoms with E-state index >= 15 is 0 Å². The van der Waals surface area contributed by atoms with Crippen molar-refractivity contribution < 1.29 is 9.32 Å². The van der Waals surface area contributed by atoms with Gasteiger partial charge >= 0.3 is 0 Å². The van der Waals surface area contributed by atoms with E-state index in [9.17, 15) is 4.79 Å². The van der Waals surface area contributed by atoms with E-state index in [2.05, 4.69) is 10.1 Å². The van der Waals surface area contributed by atoms with Crippen molar-refractivity contribution in [1.29, 1.82) is 0 Å². The highest BCUT2D eigenvalue weighted by molar-refractivity contribution is 6.06. The molecular formula is C21H22N4O2. The molecule has 1 saturated carbocycles. The van der Waals surface area contributed by atoms with Gasteiger partial charge in [0.15, 0.2) is 5.82 Å². The summed E-state index contributed by atoms with van der Waals surface area (Å²) in [5.41, 5.74) is 2.74. The molecule has 2 aliphatic rings. The SMILES string of the molecule is Cc1nc([C@@H]2CCCN(C(=O)c3cc(C4CC4)nc4ccccc34)C2)no1. The van der Waals surface area contributed by atoms with Crippen molar-refractivity contribution in [2.75, 3.05) is 13.1 Å². The first-order valence-corrected chi connectivity index (χ1v) is 9.68. The summed E-state index contributed by atoms with van der Waals surface area (Å²) in [5, 5.41) is 5.00. The van der Waals surface area contributed by atoms with E-state index in [0.717, 1.165) is 41.5 Å². The van der Waals surface area contributed by atoms with E-state index in [0.29, 0.717) is 24.2 Å². The van der Waals surface area contributed by atoms with E-state index in [1.165, 1.54) is 12.8 Å². The number of benzene rings is 1. The average molecular weight is 362 g/mol. The summed E-state index contributed by atoms with van der Waals surface area (Å²) in [5.74, 6) is 2.01. The van der Waals surface area contributed by atoms with Gasteiger partial charge < -0.3 is 9.42 Å². The van der Waals surface area contributed by atoms with Gasteiger partial charge in [0.1, 0.15) is 0 Å². The fourth-order valence-corrected chi connectivity index (χ4v) is 3.98. The summed E-state index contributed by atoms with van der Waals surface area (Å²) in [6.07, 6.45) is 4.26. The molecule has 6 nitrogen and oxygen atoms in total. The average Bonchev–Trinajstić information content (AvgIpc) is 3.47. The minimum Gasteiger partial charge on any atom is -0.340 e. The Kier molecular flexibility index (Phi) is 3.92. The van der Waals surface area contributed by atoms with Crippen LogP contribution >= 0.6 is 0 Å². The zero-order valence-electron chi connectivity index (χ0n) is 15.4. The first-order valence-electron chi connectivity index (χ1n) is 9.68. The second-order valence-corrected chi connectivity index (χ2v) is 7.65. The largest absolute Gasteiger partial charge is 0.340 e. The maximum absolute atomic E-state index is 13.4. The minimum atomic E-state index is 0.0837. The molecule has 1 saturated heterocycles. The molecule has 27 heavy (non-hydrogen) atoms. The second-order valence-electron chi connectivity index (χ2n) is 7.65. The van der Waals surface area contributed by atoms with Gasteiger partial charge in [-0.1, -0.05) is 23.4 Å². The molecule has 1 aromatic carbocycles. The maximum Gasteiger partial charge on any atom is 0.254 e. The third kappa shape index (κ3) is 3.09. The molecule has 0 radical (unpaired) electrons. The number of nitrogens with zero attached hydrogens (tertiary/aromatic N) is 4. The fourth-order valence-electron chi connectivity index (χ4n) is 3.98. The van der Waals surface area contributed by atoms with Crippen molar-refractivity contribution >= 4 is 16.8 Å². The van der Waals surface area contributed by atoms with Gasteiger partial charge in [0.05, 0.1) is 11.1 Å². The molecule has 2 aromatic heterocycles. The maximum atomic E-state index is 13.4. The smallest absolute Gasteiger partial charge is 0.254 e. The predicted molar refractivity (Wildman–Crippen MR) is 101 cm³/mol. The Morgan fingerprint density at radius 1 is 1.15 bits per heavy atom. The number of piperidine rings is 1. The van der Waals surface area contributed by atoms with Gasteiger partial charge in [-0.2, -0.15) is 4.98 Å². The predicted octanol–water partition coefficient (Wildman–Crippen LogP) is 3.82. The number of fused-ring (bicyclic) bond motifs is 1. The molecule has 138 valence electrons.